The Bertz CT molecular complexity index is 1420. The van der Waals surface area contributed by atoms with Crippen molar-refractivity contribution in [2.45, 2.75) is 96.5 Å². The topological polar surface area (TPSA) is 59.5 Å². The number of esters is 1. The minimum atomic E-state index is -0.621. The van der Waals surface area contributed by atoms with Crippen LogP contribution in [0.3, 0.4) is 0 Å². The molecule has 0 atom stereocenters. The molecule has 5 rings (SSSR count). The second-order valence-electron chi connectivity index (χ2n) is 13.7. The van der Waals surface area contributed by atoms with Crippen molar-refractivity contribution in [1.29, 1.82) is 0 Å². The van der Waals surface area contributed by atoms with Gasteiger partial charge in [0.25, 0.3) is 5.91 Å². The Labute approximate surface area is 243 Å². The highest BCUT2D eigenvalue weighted by molar-refractivity contribution is 7.10. The molecule has 40 heavy (non-hydrogen) atoms. The Hall–Kier alpha value is -2.99. The average molecular weight is 559 g/mol. The van der Waals surface area contributed by atoms with E-state index >= 15 is 0 Å². The Kier molecular flexibility index (Phi) is 7.45. The third-order valence-corrected chi connectivity index (χ3v) is 9.59. The molecule has 1 saturated heterocycles. The van der Waals surface area contributed by atoms with Crippen molar-refractivity contribution in [3.8, 4) is 11.3 Å². The number of piperidine rings is 1. The molecule has 0 N–H and O–H groups in total. The summed E-state index contributed by atoms with van der Waals surface area (Å²) in [5.41, 5.74) is 5.64. The number of nitrogens with zero attached hydrogens (tertiary/aromatic N) is 2. The number of hydrogen-bond donors (Lipinski definition) is 0. The van der Waals surface area contributed by atoms with Crippen LogP contribution in [0.25, 0.3) is 11.3 Å². The first kappa shape index (κ1) is 28.5. The summed E-state index contributed by atoms with van der Waals surface area (Å²) in [6.07, 6.45) is 4.12. The highest BCUT2D eigenvalue weighted by Gasteiger charge is 2.37. The van der Waals surface area contributed by atoms with Gasteiger partial charge in [-0.3, -0.25) is 4.79 Å². The first-order chi connectivity index (χ1) is 18.7. The Morgan fingerprint density at radius 3 is 2.20 bits per heavy atom. The Morgan fingerprint density at radius 2 is 1.55 bits per heavy atom. The molecule has 212 valence electrons. The van der Waals surface area contributed by atoms with E-state index in [4.69, 9.17) is 9.72 Å². The van der Waals surface area contributed by atoms with Gasteiger partial charge in [-0.15, -0.1) is 11.3 Å². The minimum Gasteiger partial charge on any atom is -0.456 e. The lowest BCUT2D eigenvalue weighted by atomic mass is 9.63. The van der Waals surface area contributed by atoms with Crippen LogP contribution in [-0.2, 0) is 15.6 Å². The molecule has 2 heterocycles. The number of carbonyl (C=O) groups is 2. The third kappa shape index (κ3) is 5.74. The molecule has 0 radical (unpaired) electrons. The number of likely N-dealkylation sites (tertiary alicyclic amines) is 1. The standard InChI is InChI=1S/C34H42N2O3S/c1-32(2,3)39-31(38)25-11-9-8-10-24(25)30(37)36-18-14-22(15-19-36)29-35-28(21-40-29)23-12-13-26-27(20-23)34(6,7)17-16-33(26,4)5/h8-13,20-22H,14-19H2,1-7H3. The van der Waals surface area contributed by atoms with Gasteiger partial charge in [-0.2, -0.15) is 0 Å². The molecule has 0 unspecified atom stereocenters. The number of ether oxygens (including phenoxy) is 1. The monoisotopic (exact) mass is 558 g/mol. The molecule has 1 aromatic heterocycles. The highest BCUT2D eigenvalue weighted by atomic mass is 32.1. The summed E-state index contributed by atoms with van der Waals surface area (Å²) in [5, 5.41) is 3.33. The number of aromatic nitrogens is 1. The zero-order valence-corrected chi connectivity index (χ0v) is 25.8. The van der Waals surface area contributed by atoms with Crippen molar-refractivity contribution < 1.29 is 14.3 Å². The van der Waals surface area contributed by atoms with E-state index in [1.807, 2.05) is 25.7 Å². The first-order valence-corrected chi connectivity index (χ1v) is 15.4. The van der Waals surface area contributed by atoms with E-state index in [1.54, 1.807) is 35.6 Å². The van der Waals surface area contributed by atoms with Gasteiger partial charge in [0, 0.05) is 30.0 Å². The number of rotatable bonds is 4. The van der Waals surface area contributed by atoms with Crippen molar-refractivity contribution in [2.75, 3.05) is 13.1 Å². The van der Waals surface area contributed by atoms with Gasteiger partial charge in [-0.1, -0.05) is 52.0 Å². The fourth-order valence-corrected chi connectivity index (χ4v) is 7.04. The van der Waals surface area contributed by atoms with Crippen LogP contribution in [0.5, 0.6) is 0 Å². The lowest BCUT2D eigenvalue weighted by molar-refractivity contribution is 0.00664. The van der Waals surface area contributed by atoms with Gasteiger partial charge in [0.05, 0.1) is 21.8 Å². The summed E-state index contributed by atoms with van der Waals surface area (Å²) >= 11 is 1.73. The maximum atomic E-state index is 13.4. The SMILES string of the molecule is CC(C)(C)OC(=O)c1ccccc1C(=O)N1CCC(c2nc(-c3ccc4c(c3)C(C)(C)CCC4(C)C)cs2)CC1. The van der Waals surface area contributed by atoms with Crippen molar-refractivity contribution >= 4 is 23.2 Å². The number of carbonyl (C=O) groups excluding carboxylic acids is 2. The van der Waals surface area contributed by atoms with Crippen LogP contribution >= 0.6 is 11.3 Å². The molecule has 2 aliphatic rings. The zero-order valence-electron chi connectivity index (χ0n) is 25.0. The summed E-state index contributed by atoms with van der Waals surface area (Å²) in [4.78, 5) is 33.2. The first-order valence-electron chi connectivity index (χ1n) is 14.5. The molecule has 5 nitrogen and oxygen atoms in total. The molecular weight excluding hydrogens is 516 g/mol. The number of amides is 1. The molecule has 0 spiro atoms. The van der Waals surface area contributed by atoms with Crippen LogP contribution in [0.1, 0.15) is 117 Å². The van der Waals surface area contributed by atoms with Crippen molar-refractivity contribution in [2.24, 2.45) is 0 Å². The number of thiazole rings is 1. The van der Waals surface area contributed by atoms with Crippen LogP contribution in [0, 0.1) is 0 Å². The molecule has 0 saturated carbocycles. The minimum absolute atomic E-state index is 0.112. The van der Waals surface area contributed by atoms with E-state index in [1.165, 1.54) is 29.5 Å². The second kappa shape index (κ2) is 10.4. The molecule has 2 aromatic carbocycles. The molecule has 0 bridgehead atoms. The van der Waals surface area contributed by atoms with Gasteiger partial charge >= 0.3 is 5.97 Å². The van der Waals surface area contributed by atoms with Crippen LogP contribution in [0.2, 0.25) is 0 Å². The lowest BCUT2D eigenvalue weighted by Crippen LogP contribution is -2.38. The fraction of sp³-hybridized carbons (Fsp3) is 0.500. The van der Waals surface area contributed by atoms with Gasteiger partial charge in [-0.05, 0) is 86.6 Å². The summed E-state index contributed by atoms with van der Waals surface area (Å²) in [7, 11) is 0. The Balaban J connectivity index is 1.28. The second-order valence-corrected chi connectivity index (χ2v) is 14.6. The van der Waals surface area contributed by atoms with Gasteiger partial charge in [0.1, 0.15) is 5.60 Å². The number of fused-ring (bicyclic) bond motifs is 1. The molecule has 3 aromatic rings. The zero-order chi connectivity index (χ0) is 28.9. The summed E-state index contributed by atoms with van der Waals surface area (Å²) in [6.45, 7) is 16.2. The Morgan fingerprint density at radius 1 is 0.925 bits per heavy atom. The summed E-state index contributed by atoms with van der Waals surface area (Å²) < 4.78 is 5.55. The van der Waals surface area contributed by atoms with Crippen LogP contribution in [0.15, 0.2) is 47.8 Å². The molecule has 1 fully saturated rings. The molecular formula is C34H42N2O3S. The smallest absolute Gasteiger partial charge is 0.339 e. The van der Waals surface area contributed by atoms with Crippen molar-refractivity contribution in [3.05, 3.63) is 75.1 Å². The maximum absolute atomic E-state index is 13.4. The summed E-state index contributed by atoms with van der Waals surface area (Å²) in [6, 6.07) is 13.9. The lowest BCUT2D eigenvalue weighted by Gasteiger charge is -2.42. The number of benzene rings is 2. The normalized spacial score (nSPS) is 18.7. The van der Waals surface area contributed by atoms with E-state index in [0.717, 1.165) is 23.5 Å². The van der Waals surface area contributed by atoms with E-state index in [9.17, 15) is 9.59 Å². The van der Waals surface area contributed by atoms with E-state index in [0.29, 0.717) is 30.1 Å². The molecule has 1 amide bonds. The molecule has 6 heteroatoms. The van der Waals surface area contributed by atoms with Gasteiger partial charge < -0.3 is 9.64 Å². The van der Waals surface area contributed by atoms with E-state index < -0.39 is 11.6 Å². The molecule has 1 aliphatic carbocycles. The third-order valence-electron chi connectivity index (χ3n) is 8.58. The summed E-state index contributed by atoms with van der Waals surface area (Å²) in [5.74, 6) is -0.244. The van der Waals surface area contributed by atoms with Gasteiger partial charge in [0.15, 0.2) is 0 Å². The average Bonchev–Trinajstić information content (AvgIpc) is 3.40. The fourth-order valence-electron chi connectivity index (χ4n) is 6.04. The predicted octanol–water partition coefficient (Wildman–Crippen LogP) is 8.13. The van der Waals surface area contributed by atoms with Gasteiger partial charge in [0.2, 0.25) is 0 Å². The maximum Gasteiger partial charge on any atom is 0.339 e. The number of hydrogen-bond acceptors (Lipinski definition) is 5. The van der Waals surface area contributed by atoms with Gasteiger partial charge in [-0.25, -0.2) is 9.78 Å². The van der Waals surface area contributed by atoms with Crippen LogP contribution in [0.4, 0.5) is 0 Å². The van der Waals surface area contributed by atoms with E-state index in [2.05, 4.69) is 51.3 Å². The van der Waals surface area contributed by atoms with E-state index in [-0.39, 0.29) is 16.7 Å². The van der Waals surface area contributed by atoms with Crippen LogP contribution < -0.4 is 0 Å². The highest BCUT2D eigenvalue weighted by Crippen LogP contribution is 2.47. The van der Waals surface area contributed by atoms with Crippen molar-refractivity contribution in [1.82, 2.24) is 9.88 Å². The quantitative estimate of drug-likeness (QED) is 0.303. The largest absolute Gasteiger partial charge is 0.456 e. The predicted molar refractivity (Wildman–Crippen MR) is 162 cm³/mol. The van der Waals surface area contributed by atoms with Crippen LogP contribution in [-0.4, -0.2) is 40.5 Å². The van der Waals surface area contributed by atoms with Crippen molar-refractivity contribution in [3.63, 3.8) is 0 Å². The molecule has 1 aliphatic heterocycles.